The summed E-state index contributed by atoms with van der Waals surface area (Å²) in [4.78, 5) is 56.9. The summed E-state index contributed by atoms with van der Waals surface area (Å²) in [5, 5.41) is 17.4. The first-order valence-corrected chi connectivity index (χ1v) is 11.7. The number of nitrogens with one attached hydrogen (secondary N) is 4. The molecule has 1 aromatic rings. The van der Waals surface area contributed by atoms with Crippen molar-refractivity contribution >= 4 is 23.7 Å². The maximum absolute atomic E-state index is 13.1. The summed E-state index contributed by atoms with van der Waals surface area (Å²) in [6.45, 7) is 11.2. The molecule has 0 saturated heterocycles. The van der Waals surface area contributed by atoms with E-state index in [4.69, 9.17) is 5.73 Å². The number of aromatic amines is 1. The number of nitrogens with two attached hydrogens (primary N) is 1. The fourth-order valence-electron chi connectivity index (χ4n) is 3.46. The van der Waals surface area contributed by atoms with Gasteiger partial charge in [0.2, 0.25) is 17.7 Å². The Morgan fingerprint density at radius 2 is 1.50 bits per heavy atom. The molecule has 1 aromatic heterocycles. The number of imidazole rings is 1. The zero-order valence-electron chi connectivity index (χ0n) is 20.9. The Balaban J connectivity index is 2.93. The molecule has 11 nitrogen and oxygen atoms in total. The van der Waals surface area contributed by atoms with Crippen LogP contribution in [0.15, 0.2) is 12.5 Å². The Morgan fingerprint density at radius 1 is 0.912 bits per heavy atom. The van der Waals surface area contributed by atoms with E-state index >= 15 is 0 Å². The first-order chi connectivity index (χ1) is 15.8. The monoisotopic (exact) mass is 480 g/mol. The van der Waals surface area contributed by atoms with E-state index in [0.717, 1.165) is 0 Å². The number of nitrogens with zero attached hydrogens (tertiary/aromatic N) is 1. The zero-order valence-corrected chi connectivity index (χ0v) is 20.9. The number of carboxylic acid groups (broad SMARTS) is 1. The minimum Gasteiger partial charge on any atom is -0.480 e. The fourth-order valence-corrected chi connectivity index (χ4v) is 3.46. The van der Waals surface area contributed by atoms with Crippen molar-refractivity contribution in [2.45, 2.75) is 85.0 Å². The molecule has 0 bridgehead atoms. The maximum atomic E-state index is 13.1. The van der Waals surface area contributed by atoms with E-state index in [1.807, 2.05) is 27.7 Å². The third-order valence-electron chi connectivity index (χ3n) is 5.24. The van der Waals surface area contributed by atoms with Gasteiger partial charge in [-0.05, 0) is 30.6 Å². The molecule has 7 N–H and O–H groups in total. The third kappa shape index (κ3) is 9.90. The number of aliphatic carboxylic acids is 1. The summed E-state index contributed by atoms with van der Waals surface area (Å²) in [6, 6.07) is -3.82. The number of rotatable bonds is 14. The topological polar surface area (TPSA) is 179 Å². The normalized spacial score (nSPS) is 15.0. The van der Waals surface area contributed by atoms with E-state index in [9.17, 15) is 24.3 Å². The molecule has 4 atom stereocenters. The van der Waals surface area contributed by atoms with Crippen molar-refractivity contribution < 1.29 is 24.3 Å². The Kier molecular flexibility index (Phi) is 11.7. The molecule has 3 amide bonds. The first kappa shape index (κ1) is 29.1. The van der Waals surface area contributed by atoms with Crippen LogP contribution in [0.4, 0.5) is 0 Å². The van der Waals surface area contributed by atoms with Gasteiger partial charge in [-0.25, -0.2) is 9.78 Å². The van der Waals surface area contributed by atoms with Gasteiger partial charge in [0.15, 0.2) is 0 Å². The van der Waals surface area contributed by atoms with Gasteiger partial charge in [-0.15, -0.1) is 0 Å². The molecule has 0 fully saturated rings. The molecule has 0 aliphatic carbocycles. The van der Waals surface area contributed by atoms with Gasteiger partial charge < -0.3 is 31.8 Å². The predicted molar refractivity (Wildman–Crippen MR) is 127 cm³/mol. The second-order valence-electron chi connectivity index (χ2n) is 9.84. The van der Waals surface area contributed by atoms with Crippen LogP contribution in [0.3, 0.4) is 0 Å². The van der Waals surface area contributed by atoms with Crippen LogP contribution in [0.2, 0.25) is 0 Å². The van der Waals surface area contributed by atoms with Crippen LogP contribution in [0.5, 0.6) is 0 Å². The maximum Gasteiger partial charge on any atom is 0.326 e. The molecule has 11 heteroatoms. The standard InChI is InChI=1S/C23H40N6O5/c1-12(2)7-16(24)20(30)27-17(8-13(3)4)21(31)29-19(14(5)6)22(32)28-18(23(33)34)9-15-10-25-11-26-15/h10-14,16-19H,7-9,24H2,1-6H3,(H,25,26)(H,27,30)(H,28,32)(H,29,31)(H,33,34). The van der Waals surface area contributed by atoms with Crippen LogP contribution in [0.25, 0.3) is 0 Å². The van der Waals surface area contributed by atoms with Gasteiger partial charge in [-0.2, -0.15) is 0 Å². The lowest BCUT2D eigenvalue weighted by Crippen LogP contribution is -2.58. The van der Waals surface area contributed by atoms with Crippen LogP contribution in [-0.2, 0) is 25.6 Å². The molecule has 0 saturated carbocycles. The highest BCUT2D eigenvalue weighted by molar-refractivity contribution is 5.94. The molecule has 1 rings (SSSR count). The van der Waals surface area contributed by atoms with E-state index < -0.39 is 47.9 Å². The van der Waals surface area contributed by atoms with Crippen molar-refractivity contribution in [3.05, 3.63) is 18.2 Å². The highest BCUT2D eigenvalue weighted by Crippen LogP contribution is 2.10. The number of amides is 3. The second kappa shape index (κ2) is 13.7. The van der Waals surface area contributed by atoms with Crippen molar-refractivity contribution in [3.63, 3.8) is 0 Å². The lowest BCUT2D eigenvalue weighted by atomic mass is 9.98. The minimum absolute atomic E-state index is 0.0135. The van der Waals surface area contributed by atoms with Crippen LogP contribution in [0, 0.1) is 17.8 Å². The summed E-state index contributed by atoms with van der Waals surface area (Å²) in [5.41, 5.74) is 6.51. The Hall–Kier alpha value is -2.95. The predicted octanol–water partition coefficient (Wildman–Crippen LogP) is 0.567. The average molecular weight is 481 g/mol. The molecular formula is C23H40N6O5. The van der Waals surface area contributed by atoms with E-state index in [2.05, 4.69) is 25.9 Å². The van der Waals surface area contributed by atoms with Crippen LogP contribution in [0.1, 0.15) is 60.1 Å². The molecule has 1 heterocycles. The summed E-state index contributed by atoms with van der Waals surface area (Å²) < 4.78 is 0. The quantitative estimate of drug-likeness (QED) is 0.225. The van der Waals surface area contributed by atoms with Crippen LogP contribution in [-0.4, -0.2) is 62.9 Å². The number of carboxylic acids is 1. The molecule has 0 aliphatic rings. The molecule has 34 heavy (non-hydrogen) atoms. The first-order valence-electron chi connectivity index (χ1n) is 11.7. The Morgan fingerprint density at radius 3 is 1.97 bits per heavy atom. The van der Waals surface area contributed by atoms with Crippen molar-refractivity contribution in [3.8, 4) is 0 Å². The van der Waals surface area contributed by atoms with Gasteiger partial charge in [-0.3, -0.25) is 14.4 Å². The zero-order chi connectivity index (χ0) is 26.0. The molecule has 0 aliphatic heterocycles. The van der Waals surface area contributed by atoms with Gasteiger partial charge in [-0.1, -0.05) is 41.5 Å². The van der Waals surface area contributed by atoms with Gasteiger partial charge in [0.25, 0.3) is 0 Å². The SMILES string of the molecule is CC(C)CC(N)C(=O)NC(CC(C)C)C(=O)NC(C(=O)NC(Cc1cnc[nH]1)C(=O)O)C(C)C. The smallest absolute Gasteiger partial charge is 0.326 e. The van der Waals surface area contributed by atoms with Crippen molar-refractivity contribution in [2.24, 2.45) is 23.5 Å². The van der Waals surface area contributed by atoms with Crippen molar-refractivity contribution in [2.75, 3.05) is 0 Å². The van der Waals surface area contributed by atoms with Gasteiger partial charge in [0.05, 0.1) is 12.4 Å². The van der Waals surface area contributed by atoms with Crippen LogP contribution < -0.4 is 21.7 Å². The largest absolute Gasteiger partial charge is 0.480 e. The molecular weight excluding hydrogens is 440 g/mol. The van der Waals surface area contributed by atoms with Crippen molar-refractivity contribution in [1.29, 1.82) is 0 Å². The third-order valence-corrected chi connectivity index (χ3v) is 5.24. The lowest BCUT2D eigenvalue weighted by Gasteiger charge is -2.28. The van der Waals surface area contributed by atoms with E-state index in [-0.39, 0.29) is 24.2 Å². The molecule has 0 spiro atoms. The van der Waals surface area contributed by atoms with E-state index in [0.29, 0.717) is 18.5 Å². The summed E-state index contributed by atoms with van der Waals surface area (Å²) in [6.07, 6.45) is 3.75. The molecule has 192 valence electrons. The molecule has 0 aromatic carbocycles. The number of hydrogen-bond donors (Lipinski definition) is 6. The van der Waals surface area contributed by atoms with E-state index in [1.54, 1.807) is 13.8 Å². The highest BCUT2D eigenvalue weighted by atomic mass is 16.4. The lowest BCUT2D eigenvalue weighted by molar-refractivity contribution is -0.142. The summed E-state index contributed by atoms with van der Waals surface area (Å²) in [7, 11) is 0. The number of carbonyl (C=O) groups excluding carboxylic acids is 3. The number of H-pyrrole nitrogens is 1. The number of carbonyl (C=O) groups is 4. The van der Waals surface area contributed by atoms with Crippen molar-refractivity contribution in [1.82, 2.24) is 25.9 Å². The minimum atomic E-state index is -1.21. The number of hydrogen-bond acceptors (Lipinski definition) is 6. The second-order valence-corrected chi connectivity index (χ2v) is 9.84. The average Bonchev–Trinajstić information content (AvgIpc) is 3.22. The molecule has 4 unspecified atom stereocenters. The van der Waals surface area contributed by atoms with Gasteiger partial charge >= 0.3 is 5.97 Å². The Labute approximate surface area is 201 Å². The van der Waals surface area contributed by atoms with E-state index in [1.165, 1.54) is 12.5 Å². The van der Waals surface area contributed by atoms with Gasteiger partial charge in [0.1, 0.15) is 18.1 Å². The summed E-state index contributed by atoms with van der Waals surface area (Å²) in [5.74, 6) is -2.80. The van der Waals surface area contributed by atoms with Gasteiger partial charge in [0, 0.05) is 18.3 Å². The van der Waals surface area contributed by atoms with Crippen LogP contribution >= 0.6 is 0 Å². The highest BCUT2D eigenvalue weighted by Gasteiger charge is 2.32. The molecule has 0 radical (unpaired) electrons. The Bertz CT molecular complexity index is 809. The number of aromatic nitrogens is 2. The summed E-state index contributed by atoms with van der Waals surface area (Å²) >= 11 is 0. The fraction of sp³-hybridized carbons (Fsp3) is 0.696.